The minimum Gasteiger partial charge on any atom is -0.380 e. The molecule has 5 nitrogen and oxygen atoms in total. The molecule has 0 radical (unpaired) electrons. The van der Waals surface area contributed by atoms with E-state index in [9.17, 15) is 9.59 Å². The first-order valence-corrected chi connectivity index (χ1v) is 8.49. The van der Waals surface area contributed by atoms with Crippen LogP contribution in [0.5, 0.6) is 0 Å². The predicted molar refractivity (Wildman–Crippen MR) is 84.6 cm³/mol. The summed E-state index contributed by atoms with van der Waals surface area (Å²) >= 11 is 1.74. The van der Waals surface area contributed by atoms with Crippen LogP contribution >= 0.6 is 11.8 Å². The van der Waals surface area contributed by atoms with E-state index in [1.165, 1.54) is 4.90 Å². The number of ether oxygens (including phenoxy) is 1. The molecule has 0 aromatic heterocycles. The van der Waals surface area contributed by atoms with Gasteiger partial charge in [-0.15, -0.1) is 11.8 Å². The Morgan fingerprint density at radius 3 is 2.73 bits per heavy atom. The zero-order valence-corrected chi connectivity index (χ0v) is 13.5. The Kier molecular flexibility index (Phi) is 4.69. The van der Waals surface area contributed by atoms with Crippen LogP contribution in [0.25, 0.3) is 0 Å². The molecule has 22 heavy (non-hydrogen) atoms. The van der Waals surface area contributed by atoms with Crippen LogP contribution in [-0.4, -0.2) is 60.2 Å². The van der Waals surface area contributed by atoms with Gasteiger partial charge in [0.1, 0.15) is 0 Å². The topological polar surface area (TPSA) is 49.9 Å². The SMILES string of the molecule is CO[C@H]1CCN(C(=O)C(=O)N2CCSc3ccccc3C2)C1. The molecule has 1 atom stereocenters. The zero-order chi connectivity index (χ0) is 15.5. The molecule has 2 heterocycles. The van der Waals surface area contributed by atoms with Crippen molar-refractivity contribution in [1.29, 1.82) is 0 Å². The van der Waals surface area contributed by atoms with E-state index in [0.717, 1.165) is 17.7 Å². The Hall–Kier alpha value is -1.53. The third-order valence-electron chi connectivity index (χ3n) is 4.19. The molecule has 0 aliphatic carbocycles. The lowest BCUT2D eigenvalue weighted by atomic mass is 10.2. The van der Waals surface area contributed by atoms with Crippen molar-refractivity contribution in [3.05, 3.63) is 29.8 Å². The van der Waals surface area contributed by atoms with E-state index in [0.29, 0.717) is 26.2 Å². The van der Waals surface area contributed by atoms with Crippen LogP contribution in [0.3, 0.4) is 0 Å². The molecule has 3 rings (SSSR count). The third-order valence-corrected chi connectivity index (χ3v) is 5.28. The highest BCUT2D eigenvalue weighted by molar-refractivity contribution is 7.99. The number of benzene rings is 1. The number of hydrogen-bond donors (Lipinski definition) is 0. The van der Waals surface area contributed by atoms with Crippen molar-refractivity contribution < 1.29 is 14.3 Å². The monoisotopic (exact) mass is 320 g/mol. The molecule has 6 heteroatoms. The van der Waals surface area contributed by atoms with Gasteiger partial charge in [0.15, 0.2) is 0 Å². The van der Waals surface area contributed by atoms with Crippen LogP contribution in [0.2, 0.25) is 0 Å². The van der Waals surface area contributed by atoms with Crippen LogP contribution in [0.15, 0.2) is 29.2 Å². The Labute approximate surface area is 134 Å². The first-order valence-electron chi connectivity index (χ1n) is 7.50. The Bertz CT molecular complexity index is 578. The molecule has 1 fully saturated rings. The van der Waals surface area contributed by atoms with Gasteiger partial charge in [-0.25, -0.2) is 0 Å². The van der Waals surface area contributed by atoms with E-state index in [4.69, 9.17) is 4.74 Å². The second kappa shape index (κ2) is 6.71. The van der Waals surface area contributed by atoms with E-state index in [-0.39, 0.29) is 6.10 Å². The highest BCUT2D eigenvalue weighted by Crippen LogP contribution is 2.27. The van der Waals surface area contributed by atoms with Crippen LogP contribution in [0.1, 0.15) is 12.0 Å². The quantitative estimate of drug-likeness (QED) is 0.733. The molecule has 0 unspecified atom stereocenters. The number of methoxy groups -OCH3 is 1. The number of hydrogen-bond acceptors (Lipinski definition) is 4. The molecule has 1 aromatic rings. The van der Waals surface area contributed by atoms with Crippen molar-refractivity contribution in [3.63, 3.8) is 0 Å². The maximum Gasteiger partial charge on any atom is 0.312 e. The van der Waals surface area contributed by atoms with E-state index in [2.05, 4.69) is 6.07 Å². The summed E-state index contributed by atoms with van der Waals surface area (Å²) in [7, 11) is 1.64. The highest BCUT2D eigenvalue weighted by atomic mass is 32.2. The minimum absolute atomic E-state index is 0.0529. The molecule has 2 amide bonds. The lowest BCUT2D eigenvalue weighted by molar-refractivity contribution is -0.151. The molecule has 0 spiro atoms. The van der Waals surface area contributed by atoms with E-state index < -0.39 is 11.8 Å². The number of likely N-dealkylation sites (tertiary alicyclic amines) is 1. The van der Waals surface area contributed by atoms with Crippen molar-refractivity contribution in [3.8, 4) is 0 Å². The van der Waals surface area contributed by atoms with Gasteiger partial charge in [0.25, 0.3) is 0 Å². The minimum atomic E-state index is -0.399. The Balaban J connectivity index is 1.68. The van der Waals surface area contributed by atoms with Gasteiger partial charge in [0, 0.05) is 43.9 Å². The van der Waals surface area contributed by atoms with Gasteiger partial charge in [-0.05, 0) is 18.1 Å². The number of thioether (sulfide) groups is 1. The summed E-state index contributed by atoms with van der Waals surface area (Å²) in [4.78, 5) is 29.4. The van der Waals surface area contributed by atoms with Gasteiger partial charge < -0.3 is 14.5 Å². The van der Waals surface area contributed by atoms with Crippen LogP contribution in [0, 0.1) is 0 Å². The Morgan fingerprint density at radius 1 is 1.18 bits per heavy atom. The number of carbonyl (C=O) groups is 2. The lowest BCUT2D eigenvalue weighted by Crippen LogP contribution is -2.45. The molecule has 2 aliphatic heterocycles. The van der Waals surface area contributed by atoms with Crippen molar-refractivity contribution >= 4 is 23.6 Å². The molecular formula is C16H20N2O3S. The second-order valence-electron chi connectivity index (χ2n) is 5.58. The molecular weight excluding hydrogens is 300 g/mol. The third kappa shape index (κ3) is 3.13. The summed E-state index contributed by atoms with van der Waals surface area (Å²) in [6.07, 6.45) is 0.853. The number of carbonyl (C=O) groups excluding carboxylic acids is 2. The van der Waals surface area contributed by atoms with Gasteiger partial charge in [0.2, 0.25) is 0 Å². The first-order chi connectivity index (χ1) is 10.7. The first kappa shape index (κ1) is 15.4. The van der Waals surface area contributed by atoms with E-state index >= 15 is 0 Å². The maximum absolute atomic E-state index is 12.5. The molecule has 2 aliphatic rings. The Morgan fingerprint density at radius 2 is 1.95 bits per heavy atom. The smallest absolute Gasteiger partial charge is 0.312 e. The average molecular weight is 320 g/mol. The fourth-order valence-corrected chi connectivity index (χ4v) is 3.90. The zero-order valence-electron chi connectivity index (χ0n) is 12.7. The summed E-state index contributed by atoms with van der Waals surface area (Å²) < 4.78 is 5.26. The van der Waals surface area contributed by atoms with Gasteiger partial charge in [0.05, 0.1) is 6.10 Å². The summed E-state index contributed by atoms with van der Waals surface area (Å²) in [5.74, 6) is 0.0227. The normalized spacial score (nSPS) is 21.4. The fraction of sp³-hybridized carbons (Fsp3) is 0.500. The fourth-order valence-electron chi connectivity index (χ4n) is 2.87. The van der Waals surface area contributed by atoms with Gasteiger partial charge in [-0.3, -0.25) is 9.59 Å². The standard InChI is InChI=1S/C16H20N2O3S/c1-21-13-6-7-17(11-13)15(19)16(20)18-8-9-22-14-5-3-2-4-12(14)10-18/h2-5,13H,6-11H2,1H3/t13-/m0/s1. The summed E-state index contributed by atoms with van der Waals surface area (Å²) in [5.41, 5.74) is 1.11. The van der Waals surface area contributed by atoms with Gasteiger partial charge in [-0.1, -0.05) is 18.2 Å². The number of fused-ring (bicyclic) bond motifs is 1. The van der Waals surface area contributed by atoms with Crippen LogP contribution in [0.4, 0.5) is 0 Å². The van der Waals surface area contributed by atoms with E-state index in [1.807, 2.05) is 18.2 Å². The van der Waals surface area contributed by atoms with Crippen LogP contribution < -0.4 is 0 Å². The molecule has 0 bridgehead atoms. The molecule has 118 valence electrons. The average Bonchev–Trinajstić information content (AvgIpc) is 2.92. The number of rotatable bonds is 1. The summed E-state index contributed by atoms with van der Waals surface area (Å²) in [6, 6.07) is 8.07. The molecule has 0 N–H and O–H groups in total. The second-order valence-corrected chi connectivity index (χ2v) is 6.72. The highest BCUT2D eigenvalue weighted by Gasteiger charge is 2.33. The van der Waals surface area contributed by atoms with E-state index in [1.54, 1.807) is 28.7 Å². The summed E-state index contributed by atoms with van der Waals surface area (Å²) in [6.45, 7) is 2.23. The van der Waals surface area contributed by atoms with Crippen LogP contribution in [-0.2, 0) is 20.9 Å². The molecule has 0 saturated carbocycles. The van der Waals surface area contributed by atoms with Gasteiger partial charge in [-0.2, -0.15) is 0 Å². The van der Waals surface area contributed by atoms with Crippen molar-refractivity contribution in [2.75, 3.05) is 32.5 Å². The molecule has 1 aromatic carbocycles. The number of nitrogens with zero attached hydrogens (tertiary/aromatic N) is 2. The maximum atomic E-state index is 12.5. The molecule has 1 saturated heterocycles. The van der Waals surface area contributed by atoms with Crippen molar-refractivity contribution in [1.82, 2.24) is 9.80 Å². The largest absolute Gasteiger partial charge is 0.380 e. The predicted octanol–water partition coefficient (Wildman–Crippen LogP) is 1.37. The van der Waals surface area contributed by atoms with Crippen molar-refractivity contribution in [2.45, 2.75) is 24.0 Å². The van der Waals surface area contributed by atoms with Crippen molar-refractivity contribution in [2.24, 2.45) is 0 Å². The lowest BCUT2D eigenvalue weighted by Gasteiger charge is -2.23. The summed E-state index contributed by atoms with van der Waals surface area (Å²) in [5, 5.41) is 0. The van der Waals surface area contributed by atoms with Gasteiger partial charge >= 0.3 is 11.8 Å². The number of amides is 2.